The van der Waals surface area contributed by atoms with E-state index in [2.05, 4.69) is 19.1 Å². The second kappa shape index (κ2) is 9.55. The molecule has 0 aliphatic carbocycles. The molecule has 0 radical (unpaired) electrons. The molecule has 0 heterocycles. The van der Waals surface area contributed by atoms with Crippen molar-refractivity contribution in [3.63, 3.8) is 0 Å². The van der Waals surface area contributed by atoms with Gasteiger partial charge in [-0.2, -0.15) is 0 Å². The molecule has 0 fully saturated rings. The molecule has 130 valence electrons. The zero-order valence-corrected chi connectivity index (χ0v) is 15.2. The van der Waals surface area contributed by atoms with E-state index in [9.17, 15) is 0 Å². The van der Waals surface area contributed by atoms with E-state index in [0.717, 1.165) is 35.8 Å². The van der Waals surface area contributed by atoms with Gasteiger partial charge in [0.2, 0.25) is 0 Å². The van der Waals surface area contributed by atoms with E-state index in [1.807, 2.05) is 30.3 Å². The van der Waals surface area contributed by atoms with Crippen LogP contribution in [0.25, 0.3) is 0 Å². The first-order chi connectivity index (χ1) is 11.7. The topological polar surface area (TPSA) is 44.5 Å². The second-order valence-corrected chi connectivity index (χ2v) is 6.31. The normalized spacial score (nSPS) is 12.0. The minimum absolute atomic E-state index is 0.249. The van der Waals surface area contributed by atoms with Gasteiger partial charge in [-0.3, -0.25) is 0 Å². The van der Waals surface area contributed by atoms with Crippen LogP contribution in [-0.4, -0.2) is 20.3 Å². The molecule has 0 amide bonds. The van der Waals surface area contributed by atoms with E-state index in [1.54, 1.807) is 7.11 Å². The van der Waals surface area contributed by atoms with Gasteiger partial charge in [0.15, 0.2) is 11.5 Å². The second-order valence-electron chi connectivity index (χ2n) is 5.88. The molecule has 1 unspecified atom stereocenters. The van der Waals surface area contributed by atoms with E-state index in [-0.39, 0.29) is 5.92 Å². The van der Waals surface area contributed by atoms with Crippen LogP contribution in [0.2, 0.25) is 5.02 Å². The van der Waals surface area contributed by atoms with Crippen molar-refractivity contribution in [1.82, 2.24) is 0 Å². The fourth-order valence-electron chi connectivity index (χ4n) is 2.64. The zero-order valence-electron chi connectivity index (χ0n) is 14.4. The minimum Gasteiger partial charge on any atom is -0.493 e. The molecule has 4 heteroatoms. The highest BCUT2D eigenvalue weighted by Gasteiger charge is 2.13. The SMILES string of the molecule is CCCCOc1cc(CC(CN)c2ccc(Cl)cc2)ccc1OC. The number of halogens is 1. The summed E-state index contributed by atoms with van der Waals surface area (Å²) >= 11 is 5.97. The third-order valence-electron chi connectivity index (χ3n) is 4.09. The molecule has 0 aliphatic rings. The van der Waals surface area contributed by atoms with Gasteiger partial charge in [-0.1, -0.05) is 43.1 Å². The van der Waals surface area contributed by atoms with Gasteiger partial charge < -0.3 is 15.2 Å². The lowest BCUT2D eigenvalue weighted by molar-refractivity contribution is 0.288. The first-order valence-electron chi connectivity index (χ1n) is 8.43. The Hall–Kier alpha value is -1.71. The molecule has 0 saturated carbocycles. The summed E-state index contributed by atoms with van der Waals surface area (Å²) in [5, 5.41) is 0.741. The van der Waals surface area contributed by atoms with Crippen LogP contribution < -0.4 is 15.2 Å². The summed E-state index contributed by atoms with van der Waals surface area (Å²) in [6.07, 6.45) is 2.99. The summed E-state index contributed by atoms with van der Waals surface area (Å²) in [6, 6.07) is 14.0. The number of unbranched alkanes of at least 4 members (excludes halogenated alkanes) is 1. The summed E-state index contributed by atoms with van der Waals surface area (Å²) < 4.78 is 11.3. The minimum atomic E-state index is 0.249. The Balaban J connectivity index is 2.14. The van der Waals surface area contributed by atoms with Gasteiger partial charge in [0.25, 0.3) is 0 Å². The molecule has 2 aromatic carbocycles. The highest BCUT2D eigenvalue weighted by Crippen LogP contribution is 2.30. The average Bonchev–Trinajstić information content (AvgIpc) is 2.61. The number of nitrogens with two attached hydrogens (primary N) is 1. The molecule has 1 atom stereocenters. The zero-order chi connectivity index (χ0) is 17.4. The van der Waals surface area contributed by atoms with Gasteiger partial charge in [0.1, 0.15) is 0 Å². The number of benzene rings is 2. The van der Waals surface area contributed by atoms with Crippen LogP contribution >= 0.6 is 11.6 Å². The molecule has 3 nitrogen and oxygen atoms in total. The maximum absolute atomic E-state index is 5.99. The quantitative estimate of drug-likeness (QED) is 0.662. The molecule has 2 aromatic rings. The van der Waals surface area contributed by atoms with Crippen molar-refractivity contribution in [1.29, 1.82) is 0 Å². The standard InChI is InChI=1S/C20H26ClNO2/c1-3-4-11-24-20-13-15(5-10-19(20)23-2)12-17(14-22)16-6-8-18(21)9-7-16/h5-10,13,17H,3-4,11-12,14,22H2,1-2H3. The number of ether oxygens (including phenoxy) is 2. The molecule has 0 bridgehead atoms. The fourth-order valence-corrected chi connectivity index (χ4v) is 2.77. The predicted molar refractivity (Wildman–Crippen MR) is 100 cm³/mol. The number of hydrogen-bond donors (Lipinski definition) is 1. The van der Waals surface area contributed by atoms with E-state index in [1.165, 1.54) is 11.1 Å². The van der Waals surface area contributed by atoms with E-state index >= 15 is 0 Å². The number of hydrogen-bond acceptors (Lipinski definition) is 3. The van der Waals surface area contributed by atoms with Gasteiger partial charge >= 0.3 is 0 Å². The van der Waals surface area contributed by atoms with Crippen molar-refractivity contribution in [2.24, 2.45) is 5.73 Å². The van der Waals surface area contributed by atoms with E-state index in [0.29, 0.717) is 13.2 Å². The Labute approximate surface area is 149 Å². The van der Waals surface area contributed by atoms with E-state index < -0.39 is 0 Å². The number of rotatable bonds is 9. The van der Waals surface area contributed by atoms with Crippen molar-refractivity contribution >= 4 is 11.6 Å². The molecule has 0 saturated heterocycles. The summed E-state index contributed by atoms with van der Waals surface area (Å²) in [4.78, 5) is 0. The molecular formula is C20H26ClNO2. The smallest absolute Gasteiger partial charge is 0.161 e. The third kappa shape index (κ3) is 5.15. The van der Waals surface area contributed by atoms with Crippen molar-refractivity contribution in [2.75, 3.05) is 20.3 Å². The Morgan fingerprint density at radius 2 is 1.83 bits per heavy atom. The van der Waals surface area contributed by atoms with Crippen molar-refractivity contribution in [3.05, 3.63) is 58.6 Å². The van der Waals surface area contributed by atoms with Crippen LogP contribution in [0.3, 0.4) is 0 Å². The van der Waals surface area contributed by atoms with Gasteiger partial charge in [-0.25, -0.2) is 0 Å². The van der Waals surface area contributed by atoms with Crippen molar-refractivity contribution < 1.29 is 9.47 Å². The van der Waals surface area contributed by atoms with Crippen molar-refractivity contribution in [2.45, 2.75) is 32.1 Å². The first kappa shape index (κ1) is 18.6. The van der Waals surface area contributed by atoms with Gasteiger partial charge in [0.05, 0.1) is 13.7 Å². The Bertz CT molecular complexity index is 628. The fraction of sp³-hybridized carbons (Fsp3) is 0.400. The predicted octanol–water partition coefficient (Wildman–Crippen LogP) is 4.81. The van der Waals surface area contributed by atoms with Crippen molar-refractivity contribution in [3.8, 4) is 11.5 Å². The lowest BCUT2D eigenvalue weighted by atomic mass is 9.92. The largest absolute Gasteiger partial charge is 0.493 e. The summed E-state index contributed by atoms with van der Waals surface area (Å²) in [5.74, 6) is 1.82. The van der Waals surface area contributed by atoms with Crippen LogP contribution in [0.5, 0.6) is 11.5 Å². The lowest BCUT2D eigenvalue weighted by Crippen LogP contribution is -2.15. The Kier molecular flexibility index (Phi) is 7.41. The van der Waals surface area contributed by atoms with Gasteiger partial charge in [-0.05, 0) is 54.8 Å². The highest BCUT2D eigenvalue weighted by atomic mass is 35.5. The number of methoxy groups -OCH3 is 1. The van der Waals surface area contributed by atoms with Crippen LogP contribution in [-0.2, 0) is 6.42 Å². The average molecular weight is 348 g/mol. The Morgan fingerprint density at radius 1 is 1.08 bits per heavy atom. The van der Waals surface area contributed by atoms with Crippen LogP contribution in [0, 0.1) is 0 Å². The summed E-state index contributed by atoms with van der Waals surface area (Å²) in [6.45, 7) is 3.43. The monoisotopic (exact) mass is 347 g/mol. The molecule has 2 N–H and O–H groups in total. The summed E-state index contributed by atoms with van der Waals surface area (Å²) in [5.41, 5.74) is 8.38. The Morgan fingerprint density at radius 3 is 2.46 bits per heavy atom. The molecule has 0 spiro atoms. The first-order valence-corrected chi connectivity index (χ1v) is 8.81. The third-order valence-corrected chi connectivity index (χ3v) is 4.34. The maximum Gasteiger partial charge on any atom is 0.161 e. The van der Waals surface area contributed by atoms with E-state index in [4.69, 9.17) is 26.8 Å². The van der Waals surface area contributed by atoms with Crippen LogP contribution in [0.4, 0.5) is 0 Å². The lowest BCUT2D eigenvalue weighted by Gasteiger charge is -2.17. The summed E-state index contributed by atoms with van der Waals surface area (Å²) in [7, 11) is 1.66. The molecule has 0 aliphatic heterocycles. The molecular weight excluding hydrogens is 322 g/mol. The van der Waals surface area contributed by atoms with Gasteiger partial charge in [-0.15, -0.1) is 0 Å². The van der Waals surface area contributed by atoms with Gasteiger partial charge in [0, 0.05) is 10.9 Å². The highest BCUT2D eigenvalue weighted by molar-refractivity contribution is 6.30. The molecule has 2 rings (SSSR count). The molecule has 24 heavy (non-hydrogen) atoms. The molecule has 0 aromatic heterocycles. The maximum atomic E-state index is 5.99. The van der Waals surface area contributed by atoms with Crippen LogP contribution in [0.15, 0.2) is 42.5 Å². The van der Waals surface area contributed by atoms with Crippen LogP contribution in [0.1, 0.15) is 36.8 Å².